The monoisotopic (exact) mass is 250 g/mol. The van der Waals surface area contributed by atoms with E-state index in [-0.39, 0.29) is 5.92 Å². The minimum absolute atomic E-state index is 0.322. The Kier molecular flexibility index (Phi) is 6.22. The molecular formula is C14H22N2O2. The first-order valence-corrected chi connectivity index (χ1v) is 6.31. The van der Waals surface area contributed by atoms with E-state index in [4.69, 9.17) is 5.11 Å². The number of rotatable bonds is 8. The number of carbonyl (C=O) groups is 1. The molecule has 0 aliphatic rings. The van der Waals surface area contributed by atoms with Crippen molar-refractivity contribution in [2.24, 2.45) is 5.92 Å². The van der Waals surface area contributed by atoms with Gasteiger partial charge in [-0.1, -0.05) is 25.1 Å². The van der Waals surface area contributed by atoms with Crippen molar-refractivity contribution in [2.75, 3.05) is 31.6 Å². The van der Waals surface area contributed by atoms with Crippen molar-refractivity contribution in [2.45, 2.75) is 13.3 Å². The molecule has 4 nitrogen and oxygen atoms in total. The molecule has 0 bridgehead atoms. The van der Waals surface area contributed by atoms with Gasteiger partial charge in [0.1, 0.15) is 0 Å². The molecule has 18 heavy (non-hydrogen) atoms. The molecule has 1 unspecified atom stereocenters. The van der Waals surface area contributed by atoms with Crippen LogP contribution in [0.3, 0.4) is 0 Å². The van der Waals surface area contributed by atoms with Crippen molar-refractivity contribution < 1.29 is 9.90 Å². The van der Waals surface area contributed by atoms with Crippen LogP contribution in [0.25, 0.3) is 0 Å². The third-order valence-corrected chi connectivity index (χ3v) is 2.92. The van der Waals surface area contributed by atoms with Gasteiger partial charge in [0.05, 0.1) is 5.92 Å². The number of nitrogens with zero attached hydrogens (tertiary/aromatic N) is 1. The lowest BCUT2D eigenvalue weighted by molar-refractivity contribution is -0.140. The van der Waals surface area contributed by atoms with E-state index in [1.165, 1.54) is 5.69 Å². The van der Waals surface area contributed by atoms with E-state index in [9.17, 15) is 4.79 Å². The molecule has 0 amide bonds. The Morgan fingerprint density at radius 1 is 1.39 bits per heavy atom. The van der Waals surface area contributed by atoms with Crippen LogP contribution in [0.15, 0.2) is 30.3 Å². The number of hydrogen-bond donors (Lipinski definition) is 2. The Balaban J connectivity index is 2.13. The van der Waals surface area contributed by atoms with Crippen molar-refractivity contribution in [3.05, 3.63) is 30.3 Å². The highest BCUT2D eigenvalue weighted by molar-refractivity contribution is 5.69. The molecule has 0 radical (unpaired) electrons. The lowest BCUT2D eigenvalue weighted by atomic mass is 10.2. The number of nitrogens with one attached hydrogen (secondary N) is 1. The number of carboxylic acids is 1. The normalized spacial score (nSPS) is 12.1. The quantitative estimate of drug-likeness (QED) is 0.691. The Hall–Kier alpha value is -1.55. The Labute approximate surface area is 109 Å². The van der Waals surface area contributed by atoms with Crippen molar-refractivity contribution >= 4 is 11.7 Å². The number of hydrogen-bond acceptors (Lipinski definition) is 3. The first-order chi connectivity index (χ1) is 8.61. The lowest BCUT2D eigenvalue weighted by Gasteiger charge is -2.19. The molecule has 1 aromatic carbocycles. The average molecular weight is 250 g/mol. The van der Waals surface area contributed by atoms with Gasteiger partial charge in [-0.15, -0.1) is 0 Å². The third-order valence-electron chi connectivity index (χ3n) is 2.92. The summed E-state index contributed by atoms with van der Waals surface area (Å²) >= 11 is 0. The van der Waals surface area contributed by atoms with Crippen LogP contribution in [-0.2, 0) is 4.79 Å². The second-order valence-electron chi connectivity index (χ2n) is 4.55. The van der Waals surface area contributed by atoms with E-state index in [0.717, 1.165) is 19.5 Å². The highest BCUT2D eigenvalue weighted by Crippen LogP contribution is 2.10. The summed E-state index contributed by atoms with van der Waals surface area (Å²) < 4.78 is 0. The molecular weight excluding hydrogens is 228 g/mol. The molecule has 0 saturated heterocycles. The molecule has 100 valence electrons. The summed E-state index contributed by atoms with van der Waals surface area (Å²) in [5.41, 5.74) is 1.21. The predicted molar refractivity (Wildman–Crippen MR) is 74.0 cm³/mol. The molecule has 1 rings (SSSR count). The van der Waals surface area contributed by atoms with Gasteiger partial charge in [-0.3, -0.25) is 4.79 Å². The molecule has 0 heterocycles. The number of aliphatic carboxylic acids is 1. The molecule has 1 aromatic rings. The largest absolute Gasteiger partial charge is 0.481 e. The van der Waals surface area contributed by atoms with Gasteiger partial charge in [0.2, 0.25) is 0 Å². The summed E-state index contributed by atoms with van der Waals surface area (Å²) in [6.07, 6.45) is 0.998. The van der Waals surface area contributed by atoms with E-state index in [1.807, 2.05) is 18.2 Å². The van der Waals surface area contributed by atoms with Crippen LogP contribution in [0.4, 0.5) is 5.69 Å². The average Bonchev–Trinajstić information content (AvgIpc) is 2.38. The predicted octanol–water partition coefficient (Wildman–Crippen LogP) is 1.82. The zero-order valence-electron chi connectivity index (χ0n) is 11.1. The van der Waals surface area contributed by atoms with Gasteiger partial charge >= 0.3 is 5.97 Å². The summed E-state index contributed by atoms with van der Waals surface area (Å²) in [5.74, 6) is -1.07. The van der Waals surface area contributed by atoms with Crippen LogP contribution in [0.2, 0.25) is 0 Å². The fraction of sp³-hybridized carbons (Fsp3) is 0.500. The Bertz CT molecular complexity index is 354. The van der Waals surface area contributed by atoms with Crippen molar-refractivity contribution in [1.82, 2.24) is 5.32 Å². The van der Waals surface area contributed by atoms with Gasteiger partial charge in [-0.05, 0) is 25.1 Å². The second-order valence-corrected chi connectivity index (χ2v) is 4.55. The molecule has 4 heteroatoms. The van der Waals surface area contributed by atoms with Gasteiger partial charge in [0.25, 0.3) is 0 Å². The van der Waals surface area contributed by atoms with Crippen LogP contribution < -0.4 is 10.2 Å². The topological polar surface area (TPSA) is 52.6 Å². The standard InChI is InChI=1S/C14H22N2O2/c1-12(14(17)18)11-15-9-6-10-16(2)13-7-4-3-5-8-13/h3-5,7-8,12,15H,6,9-11H2,1-2H3,(H,17,18). The van der Waals surface area contributed by atoms with E-state index >= 15 is 0 Å². The van der Waals surface area contributed by atoms with Gasteiger partial charge < -0.3 is 15.3 Å². The fourth-order valence-corrected chi connectivity index (χ4v) is 1.66. The smallest absolute Gasteiger partial charge is 0.307 e. The lowest BCUT2D eigenvalue weighted by Crippen LogP contribution is -2.29. The molecule has 0 saturated carbocycles. The van der Waals surface area contributed by atoms with Gasteiger partial charge in [-0.25, -0.2) is 0 Å². The molecule has 0 aliphatic heterocycles. The van der Waals surface area contributed by atoms with Crippen LogP contribution in [0, 0.1) is 5.92 Å². The van der Waals surface area contributed by atoms with E-state index in [2.05, 4.69) is 29.4 Å². The Morgan fingerprint density at radius 3 is 2.67 bits per heavy atom. The minimum Gasteiger partial charge on any atom is -0.481 e. The summed E-state index contributed by atoms with van der Waals surface area (Å²) in [6, 6.07) is 10.2. The molecule has 0 aromatic heterocycles. The molecule has 2 N–H and O–H groups in total. The summed E-state index contributed by atoms with van der Waals surface area (Å²) in [5, 5.41) is 11.9. The zero-order valence-corrected chi connectivity index (χ0v) is 11.1. The van der Waals surface area contributed by atoms with Crippen LogP contribution in [0.1, 0.15) is 13.3 Å². The number of anilines is 1. The summed E-state index contributed by atoms with van der Waals surface area (Å²) in [4.78, 5) is 12.8. The van der Waals surface area contributed by atoms with Crippen molar-refractivity contribution in [3.8, 4) is 0 Å². The van der Waals surface area contributed by atoms with Crippen molar-refractivity contribution in [1.29, 1.82) is 0 Å². The van der Waals surface area contributed by atoms with Gasteiger partial charge in [0.15, 0.2) is 0 Å². The van der Waals surface area contributed by atoms with E-state index in [0.29, 0.717) is 6.54 Å². The summed E-state index contributed by atoms with van der Waals surface area (Å²) in [7, 11) is 2.06. The van der Waals surface area contributed by atoms with Crippen LogP contribution in [0.5, 0.6) is 0 Å². The molecule has 0 aliphatic carbocycles. The SMILES string of the molecule is CC(CNCCCN(C)c1ccccc1)C(=O)O. The van der Waals surface area contributed by atoms with E-state index in [1.54, 1.807) is 6.92 Å². The maximum Gasteiger partial charge on any atom is 0.307 e. The summed E-state index contributed by atoms with van der Waals surface area (Å²) in [6.45, 7) is 4.04. The molecule has 0 fully saturated rings. The third kappa shape index (κ3) is 5.19. The highest BCUT2D eigenvalue weighted by atomic mass is 16.4. The fourth-order valence-electron chi connectivity index (χ4n) is 1.66. The van der Waals surface area contributed by atoms with Gasteiger partial charge in [-0.2, -0.15) is 0 Å². The number of carboxylic acid groups (broad SMARTS) is 1. The maximum absolute atomic E-state index is 10.6. The van der Waals surface area contributed by atoms with E-state index < -0.39 is 5.97 Å². The maximum atomic E-state index is 10.6. The van der Waals surface area contributed by atoms with Crippen LogP contribution >= 0.6 is 0 Å². The number of para-hydroxylation sites is 1. The van der Waals surface area contributed by atoms with Gasteiger partial charge in [0, 0.05) is 25.8 Å². The highest BCUT2D eigenvalue weighted by Gasteiger charge is 2.09. The first kappa shape index (κ1) is 14.5. The zero-order chi connectivity index (χ0) is 13.4. The molecule has 0 spiro atoms. The van der Waals surface area contributed by atoms with Crippen molar-refractivity contribution in [3.63, 3.8) is 0 Å². The first-order valence-electron chi connectivity index (χ1n) is 6.31. The Morgan fingerprint density at radius 2 is 2.06 bits per heavy atom. The molecule has 1 atom stereocenters. The second kappa shape index (κ2) is 7.71. The number of benzene rings is 1. The van der Waals surface area contributed by atoms with Crippen LogP contribution in [-0.4, -0.2) is 37.8 Å². The minimum atomic E-state index is -0.746.